The van der Waals surface area contributed by atoms with Gasteiger partial charge in [-0.3, -0.25) is 4.98 Å². The molecule has 0 unspecified atom stereocenters. The van der Waals surface area contributed by atoms with E-state index in [1.165, 1.54) is 5.69 Å². The van der Waals surface area contributed by atoms with Crippen LogP contribution in [0.4, 0.5) is 0 Å². The molecule has 1 aliphatic rings. The number of rotatable bonds is 0. The fourth-order valence-electron chi connectivity index (χ4n) is 1.21. The first-order chi connectivity index (χ1) is 5.97. The lowest BCUT2D eigenvalue weighted by molar-refractivity contribution is 0.831. The zero-order valence-electron chi connectivity index (χ0n) is 6.72. The van der Waals surface area contributed by atoms with Crippen LogP contribution in [0.3, 0.4) is 0 Å². The Hall–Kier alpha value is -1.57. The highest BCUT2D eigenvalue weighted by atomic mass is 15.0. The molecule has 0 fully saturated rings. The highest BCUT2D eigenvalue weighted by Gasteiger charge is 1.95. The van der Waals surface area contributed by atoms with Gasteiger partial charge in [0.05, 0.1) is 0 Å². The maximum atomic E-state index is 4.06. The Morgan fingerprint density at radius 3 is 3.25 bits per heavy atom. The smallest absolute Gasteiger partial charge is 0.0430 e. The van der Waals surface area contributed by atoms with Crippen LogP contribution in [0.25, 0.3) is 6.08 Å². The maximum absolute atomic E-state index is 4.06. The summed E-state index contributed by atoms with van der Waals surface area (Å²) in [6.07, 6.45) is 9.81. The molecule has 0 bridgehead atoms. The van der Waals surface area contributed by atoms with Crippen molar-refractivity contribution >= 4 is 6.08 Å². The largest absolute Gasteiger partial charge is 0.343 e. The van der Waals surface area contributed by atoms with Gasteiger partial charge >= 0.3 is 0 Å². The number of allylic oxidation sites excluding steroid dienone is 1. The first kappa shape index (κ1) is 7.10. The monoisotopic (exact) mass is 158 g/mol. The minimum atomic E-state index is 0.950. The summed E-state index contributed by atoms with van der Waals surface area (Å²) in [5.41, 5.74) is 1.22. The van der Waals surface area contributed by atoms with Crippen molar-refractivity contribution in [2.24, 2.45) is 0 Å². The van der Waals surface area contributed by atoms with Crippen molar-refractivity contribution in [3.8, 4) is 0 Å². The van der Waals surface area contributed by atoms with E-state index in [2.05, 4.69) is 27.8 Å². The van der Waals surface area contributed by atoms with Gasteiger partial charge in [-0.05, 0) is 18.2 Å². The molecular weight excluding hydrogens is 148 g/mol. The molecule has 2 heterocycles. The molecule has 60 valence electrons. The zero-order valence-corrected chi connectivity index (χ0v) is 6.72. The van der Waals surface area contributed by atoms with Crippen LogP contribution in [0.1, 0.15) is 5.69 Å². The van der Waals surface area contributed by atoms with Gasteiger partial charge in [0.15, 0.2) is 0 Å². The Kier molecular flexibility index (Phi) is 1.90. The Morgan fingerprint density at radius 2 is 2.25 bits per heavy atom. The third kappa shape index (κ3) is 1.37. The van der Waals surface area contributed by atoms with Crippen molar-refractivity contribution in [3.05, 3.63) is 48.6 Å². The van der Waals surface area contributed by atoms with Gasteiger partial charge in [-0.2, -0.15) is 0 Å². The van der Waals surface area contributed by atoms with Crippen LogP contribution in [-0.2, 0) is 6.54 Å². The second-order valence-electron chi connectivity index (χ2n) is 2.63. The zero-order chi connectivity index (χ0) is 8.23. The first-order valence-electron chi connectivity index (χ1n) is 3.97. The number of aromatic nitrogens is 2. The van der Waals surface area contributed by atoms with Crippen LogP contribution in [0.2, 0.25) is 0 Å². The van der Waals surface area contributed by atoms with E-state index in [9.17, 15) is 0 Å². The average Bonchev–Trinajstić information content (AvgIpc) is 2.50. The highest BCUT2D eigenvalue weighted by molar-refractivity contribution is 5.47. The third-order valence-electron chi connectivity index (χ3n) is 1.81. The molecule has 0 saturated carbocycles. The van der Waals surface area contributed by atoms with Gasteiger partial charge in [0.25, 0.3) is 0 Å². The van der Waals surface area contributed by atoms with Gasteiger partial charge in [-0.25, -0.2) is 0 Å². The molecule has 1 aliphatic heterocycles. The standard InChI is InChI=1S/C10H10N2/c1-2-6-11-7-9-12-8-3-5-10(12)4-1/h1-7,9H,8H2. The highest BCUT2D eigenvalue weighted by Crippen LogP contribution is 2.07. The van der Waals surface area contributed by atoms with E-state index < -0.39 is 0 Å². The number of hydrogen-bond acceptors (Lipinski definition) is 1. The van der Waals surface area contributed by atoms with Gasteiger partial charge in [0, 0.05) is 30.8 Å². The minimum Gasteiger partial charge on any atom is -0.343 e. The molecule has 1 aromatic heterocycles. The molecule has 1 aromatic rings. The van der Waals surface area contributed by atoms with Gasteiger partial charge in [-0.1, -0.05) is 12.1 Å². The van der Waals surface area contributed by atoms with Crippen molar-refractivity contribution in [2.75, 3.05) is 0 Å². The summed E-state index contributed by atoms with van der Waals surface area (Å²) in [5, 5.41) is 0. The van der Waals surface area contributed by atoms with Gasteiger partial charge < -0.3 is 4.57 Å². The third-order valence-corrected chi connectivity index (χ3v) is 1.81. The van der Waals surface area contributed by atoms with Crippen molar-refractivity contribution < 1.29 is 0 Å². The van der Waals surface area contributed by atoms with Crippen LogP contribution in [0.5, 0.6) is 0 Å². The predicted octanol–water partition coefficient (Wildman–Crippen LogP) is 2.03. The normalized spacial score (nSPS) is 12.3. The van der Waals surface area contributed by atoms with Crippen molar-refractivity contribution in [2.45, 2.75) is 6.54 Å². The van der Waals surface area contributed by atoms with Crippen LogP contribution in [-0.4, -0.2) is 9.55 Å². The number of hydrogen-bond donors (Lipinski definition) is 0. The van der Waals surface area contributed by atoms with Crippen molar-refractivity contribution in [1.29, 1.82) is 0 Å². The Morgan fingerprint density at radius 1 is 1.25 bits per heavy atom. The SMILES string of the molecule is C1=Cc2ccccnccn2C1. The Bertz CT molecular complexity index is 349. The molecular formula is C10H10N2. The minimum absolute atomic E-state index is 0.950. The Labute approximate surface area is 71.5 Å². The number of nitrogens with zero attached hydrogens (tertiary/aromatic N) is 2. The van der Waals surface area contributed by atoms with E-state index >= 15 is 0 Å². The van der Waals surface area contributed by atoms with E-state index in [-0.39, 0.29) is 0 Å². The molecule has 0 N–H and O–H groups in total. The van der Waals surface area contributed by atoms with E-state index in [1.807, 2.05) is 18.3 Å². The van der Waals surface area contributed by atoms with Gasteiger partial charge in [0.1, 0.15) is 0 Å². The summed E-state index contributed by atoms with van der Waals surface area (Å²) in [4.78, 5) is 4.06. The van der Waals surface area contributed by atoms with Gasteiger partial charge in [0.2, 0.25) is 0 Å². The quantitative estimate of drug-likeness (QED) is 0.565. The first-order valence-corrected chi connectivity index (χ1v) is 3.97. The van der Waals surface area contributed by atoms with Crippen LogP contribution in [0, 0.1) is 0 Å². The molecule has 0 saturated heterocycles. The van der Waals surface area contributed by atoms with Crippen LogP contribution in [0.15, 0.2) is 42.9 Å². The van der Waals surface area contributed by atoms with E-state index in [0.29, 0.717) is 0 Å². The fraction of sp³-hybridized carbons (Fsp3) is 0.100. The van der Waals surface area contributed by atoms with E-state index in [0.717, 1.165) is 6.54 Å². The second-order valence-corrected chi connectivity index (χ2v) is 2.63. The molecule has 0 aromatic carbocycles. The number of fused-ring (bicyclic) bond motifs is 1. The van der Waals surface area contributed by atoms with Crippen molar-refractivity contribution in [1.82, 2.24) is 9.55 Å². The van der Waals surface area contributed by atoms with Crippen molar-refractivity contribution in [3.63, 3.8) is 0 Å². The summed E-state index contributed by atoms with van der Waals surface area (Å²) in [6.45, 7) is 0.950. The van der Waals surface area contributed by atoms with Gasteiger partial charge in [-0.15, -0.1) is 0 Å². The molecule has 0 atom stereocenters. The maximum Gasteiger partial charge on any atom is 0.0430 e. The summed E-state index contributed by atoms with van der Waals surface area (Å²) < 4.78 is 2.15. The lowest BCUT2D eigenvalue weighted by Crippen LogP contribution is -1.91. The summed E-state index contributed by atoms with van der Waals surface area (Å²) >= 11 is 0. The fourth-order valence-corrected chi connectivity index (χ4v) is 1.21. The average molecular weight is 158 g/mol. The Balaban J connectivity index is 2.61. The van der Waals surface area contributed by atoms with Crippen LogP contribution < -0.4 is 0 Å². The lowest BCUT2D eigenvalue weighted by Gasteiger charge is -1.96. The molecule has 2 rings (SSSR count). The van der Waals surface area contributed by atoms with E-state index in [1.54, 1.807) is 12.4 Å². The molecule has 2 heteroatoms. The summed E-state index contributed by atoms with van der Waals surface area (Å²) in [6, 6.07) is 5.99. The second kappa shape index (κ2) is 3.22. The molecule has 12 heavy (non-hydrogen) atoms. The topological polar surface area (TPSA) is 17.8 Å². The summed E-state index contributed by atoms with van der Waals surface area (Å²) in [7, 11) is 0. The molecule has 0 spiro atoms. The van der Waals surface area contributed by atoms with Crippen LogP contribution >= 0.6 is 0 Å². The predicted molar refractivity (Wildman–Crippen MR) is 48.9 cm³/mol. The van der Waals surface area contributed by atoms with E-state index in [4.69, 9.17) is 0 Å². The lowest BCUT2D eigenvalue weighted by atomic mass is 10.4. The molecule has 0 aliphatic carbocycles. The molecule has 0 amide bonds. The molecule has 2 nitrogen and oxygen atoms in total. The summed E-state index contributed by atoms with van der Waals surface area (Å²) in [5.74, 6) is 0. The molecule has 0 radical (unpaired) electrons.